The van der Waals surface area contributed by atoms with Crippen molar-refractivity contribution in [2.75, 3.05) is 12.4 Å². The molecule has 0 fully saturated rings. The van der Waals surface area contributed by atoms with Gasteiger partial charge in [0.15, 0.2) is 5.13 Å². The average molecular weight is 275 g/mol. The van der Waals surface area contributed by atoms with Gasteiger partial charge < -0.3 is 10.6 Å². The van der Waals surface area contributed by atoms with E-state index in [1.807, 2.05) is 6.92 Å². The SMILES string of the molecule is CNC(=O)c1sc(Nc2cc(C)cc(C)c2)nc1C. The minimum atomic E-state index is -0.0940. The Hall–Kier alpha value is -1.88. The van der Waals surface area contributed by atoms with Gasteiger partial charge in [0.2, 0.25) is 0 Å². The predicted octanol–water partition coefficient (Wildman–Crippen LogP) is 3.17. The molecule has 100 valence electrons. The number of thiazole rings is 1. The quantitative estimate of drug-likeness (QED) is 0.904. The number of carbonyl (C=O) groups excluding carboxylic acids is 1. The van der Waals surface area contributed by atoms with Crippen LogP contribution < -0.4 is 10.6 Å². The van der Waals surface area contributed by atoms with Crippen LogP contribution in [0, 0.1) is 20.8 Å². The van der Waals surface area contributed by atoms with Gasteiger partial charge >= 0.3 is 0 Å². The second-order valence-corrected chi connectivity index (χ2v) is 5.51. The van der Waals surface area contributed by atoms with Crippen LogP contribution in [0.25, 0.3) is 0 Å². The summed E-state index contributed by atoms with van der Waals surface area (Å²) in [5.41, 5.74) is 4.13. The van der Waals surface area contributed by atoms with Crippen LogP contribution in [0.2, 0.25) is 0 Å². The number of hydrogen-bond donors (Lipinski definition) is 2. The second-order valence-electron chi connectivity index (χ2n) is 4.51. The Morgan fingerprint density at radius 3 is 2.37 bits per heavy atom. The maximum atomic E-state index is 11.6. The van der Waals surface area contributed by atoms with Crippen molar-refractivity contribution in [2.24, 2.45) is 0 Å². The van der Waals surface area contributed by atoms with Crippen LogP contribution in [0.1, 0.15) is 26.5 Å². The molecular weight excluding hydrogens is 258 g/mol. The fourth-order valence-corrected chi connectivity index (χ4v) is 2.88. The minimum absolute atomic E-state index is 0.0940. The van der Waals surface area contributed by atoms with E-state index < -0.39 is 0 Å². The smallest absolute Gasteiger partial charge is 0.263 e. The van der Waals surface area contributed by atoms with Crippen LogP contribution >= 0.6 is 11.3 Å². The number of benzene rings is 1. The lowest BCUT2D eigenvalue weighted by Gasteiger charge is -2.05. The fraction of sp³-hybridized carbons (Fsp3) is 0.286. The van der Waals surface area contributed by atoms with Gasteiger partial charge in [-0.05, 0) is 44.0 Å². The maximum absolute atomic E-state index is 11.6. The van der Waals surface area contributed by atoms with E-state index in [2.05, 4.69) is 47.7 Å². The molecule has 1 aromatic heterocycles. The van der Waals surface area contributed by atoms with Crippen LogP contribution in [0.4, 0.5) is 10.8 Å². The molecule has 5 heteroatoms. The Bertz CT molecular complexity index is 599. The summed E-state index contributed by atoms with van der Waals surface area (Å²) in [4.78, 5) is 16.7. The molecule has 0 aliphatic carbocycles. The Morgan fingerprint density at radius 1 is 1.16 bits per heavy atom. The molecule has 0 bridgehead atoms. The molecule has 1 aromatic carbocycles. The van der Waals surface area contributed by atoms with Crippen molar-refractivity contribution in [1.29, 1.82) is 0 Å². The summed E-state index contributed by atoms with van der Waals surface area (Å²) in [5, 5.41) is 6.61. The van der Waals surface area contributed by atoms with Crippen molar-refractivity contribution in [3.63, 3.8) is 0 Å². The van der Waals surface area contributed by atoms with Gasteiger partial charge in [-0.2, -0.15) is 0 Å². The summed E-state index contributed by atoms with van der Waals surface area (Å²) in [6, 6.07) is 6.24. The summed E-state index contributed by atoms with van der Waals surface area (Å²) in [5.74, 6) is -0.0940. The van der Waals surface area contributed by atoms with Crippen LogP contribution in [-0.4, -0.2) is 17.9 Å². The summed E-state index contributed by atoms with van der Waals surface area (Å²) in [6.45, 7) is 5.95. The lowest BCUT2D eigenvalue weighted by molar-refractivity contribution is 0.0966. The van der Waals surface area contributed by atoms with Gasteiger partial charge in [0.05, 0.1) is 5.69 Å². The lowest BCUT2D eigenvalue weighted by atomic mass is 10.1. The van der Waals surface area contributed by atoms with Gasteiger partial charge in [-0.15, -0.1) is 0 Å². The van der Waals surface area contributed by atoms with E-state index in [1.54, 1.807) is 7.05 Å². The third-order valence-electron chi connectivity index (χ3n) is 2.70. The Morgan fingerprint density at radius 2 is 1.79 bits per heavy atom. The molecule has 0 aliphatic rings. The van der Waals surface area contributed by atoms with Crippen LogP contribution in [0.5, 0.6) is 0 Å². The molecular formula is C14H17N3OS. The number of anilines is 2. The fourth-order valence-electron chi connectivity index (χ4n) is 1.94. The van der Waals surface area contributed by atoms with E-state index in [0.717, 1.165) is 16.5 Å². The van der Waals surface area contributed by atoms with E-state index in [4.69, 9.17) is 0 Å². The van der Waals surface area contributed by atoms with Crippen molar-refractivity contribution in [1.82, 2.24) is 10.3 Å². The summed E-state index contributed by atoms with van der Waals surface area (Å²) in [6.07, 6.45) is 0. The first kappa shape index (κ1) is 13.5. The molecule has 2 N–H and O–H groups in total. The highest BCUT2D eigenvalue weighted by Gasteiger charge is 2.13. The Labute approximate surface area is 116 Å². The van der Waals surface area contributed by atoms with Crippen molar-refractivity contribution in [3.8, 4) is 0 Å². The molecule has 0 atom stereocenters. The first-order valence-corrected chi connectivity index (χ1v) is 6.86. The lowest BCUT2D eigenvalue weighted by Crippen LogP contribution is -2.17. The first-order chi connectivity index (χ1) is 8.99. The molecule has 0 aliphatic heterocycles. The number of rotatable bonds is 3. The van der Waals surface area contributed by atoms with E-state index in [9.17, 15) is 4.79 Å². The van der Waals surface area contributed by atoms with Gasteiger partial charge in [0.1, 0.15) is 4.88 Å². The number of amides is 1. The number of aromatic nitrogens is 1. The first-order valence-electron chi connectivity index (χ1n) is 6.04. The van der Waals surface area contributed by atoms with Crippen LogP contribution in [-0.2, 0) is 0 Å². The van der Waals surface area contributed by atoms with Gasteiger partial charge in [0, 0.05) is 12.7 Å². The van der Waals surface area contributed by atoms with E-state index in [1.165, 1.54) is 22.5 Å². The average Bonchev–Trinajstić information content (AvgIpc) is 2.68. The third-order valence-corrected chi connectivity index (χ3v) is 3.77. The minimum Gasteiger partial charge on any atom is -0.354 e. The van der Waals surface area contributed by atoms with Gasteiger partial charge in [-0.25, -0.2) is 4.98 Å². The van der Waals surface area contributed by atoms with Gasteiger partial charge in [-0.3, -0.25) is 4.79 Å². The largest absolute Gasteiger partial charge is 0.354 e. The normalized spacial score (nSPS) is 10.3. The molecule has 2 aromatic rings. The summed E-state index contributed by atoms with van der Waals surface area (Å²) < 4.78 is 0. The second kappa shape index (κ2) is 5.40. The molecule has 4 nitrogen and oxygen atoms in total. The van der Waals surface area contributed by atoms with E-state index in [-0.39, 0.29) is 5.91 Å². The highest BCUT2D eigenvalue weighted by atomic mass is 32.1. The molecule has 1 heterocycles. The van der Waals surface area contributed by atoms with Crippen molar-refractivity contribution in [3.05, 3.63) is 39.9 Å². The molecule has 0 saturated carbocycles. The number of hydrogen-bond acceptors (Lipinski definition) is 4. The summed E-state index contributed by atoms with van der Waals surface area (Å²) >= 11 is 1.36. The van der Waals surface area contributed by atoms with Crippen molar-refractivity contribution >= 4 is 28.1 Å². The number of nitrogens with one attached hydrogen (secondary N) is 2. The molecule has 0 radical (unpaired) electrons. The highest BCUT2D eigenvalue weighted by Crippen LogP contribution is 2.26. The van der Waals surface area contributed by atoms with Crippen molar-refractivity contribution < 1.29 is 4.79 Å². The van der Waals surface area contributed by atoms with Crippen LogP contribution in [0.3, 0.4) is 0 Å². The number of nitrogens with zero attached hydrogens (tertiary/aromatic N) is 1. The van der Waals surface area contributed by atoms with Gasteiger partial charge in [-0.1, -0.05) is 17.4 Å². The zero-order valence-electron chi connectivity index (χ0n) is 11.5. The molecule has 0 saturated heterocycles. The topological polar surface area (TPSA) is 54.0 Å². The van der Waals surface area contributed by atoms with Crippen molar-refractivity contribution in [2.45, 2.75) is 20.8 Å². The summed E-state index contributed by atoms with van der Waals surface area (Å²) in [7, 11) is 1.62. The van der Waals surface area contributed by atoms with E-state index >= 15 is 0 Å². The van der Waals surface area contributed by atoms with Gasteiger partial charge in [0.25, 0.3) is 5.91 Å². The molecule has 0 spiro atoms. The van der Waals surface area contributed by atoms with E-state index in [0.29, 0.717) is 4.88 Å². The third kappa shape index (κ3) is 3.12. The number of carbonyl (C=O) groups is 1. The zero-order valence-corrected chi connectivity index (χ0v) is 12.3. The predicted molar refractivity (Wildman–Crippen MR) is 79.4 cm³/mol. The molecule has 2 rings (SSSR count). The number of aryl methyl sites for hydroxylation is 3. The molecule has 19 heavy (non-hydrogen) atoms. The molecule has 0 unspecified atom stereocenters. The van der Waals surface area contributed by atoms with Crippen LogP contribution in [0.15, 0.2) is 18.2 Å². The highest BCUT2D eigenvalue weighted by molar-refractivity contribution is 7.17. The standard InChI is InChI=1S/C14H17N3OS/c1-8-5-9(2)7-11(6-8)17-14-16-10(3)12(19-14)13(18)15-4/h5-7H,1-4H3,(H,15,18)(H,16,17). The maximum Gasteiger partial charge on any atom is 0.263 e. The molecule has 1 amide bonds. The Kier molecular flexibility index (Phi) is 3.85. The monoisotopic (exact) mass is 275 g/mol. The Balaban J connectivity index is 2.26. The zero-order chi connectivity index (χ0) is 14.0.